The zero-order valence-corrected chi connectivity index (χ0v) is 20.6. The number of imidazole rings is 1. The van der Waals surface area contributed by atoms with E-state index in [0.717, 1.165) is 76.5 Å². The number of hydrogen-bond acceptors (Lipinski definition) is 5. The first-order chi connectivity index (χ1) is 15.5. The van der Waals surface area contributed by atoms with E-state index < -0.39 is 0 Å². The van der Waals surface area contributed by atoms with Gasteiger partial charge in [-0.2, -0.15) is 5.10 Å². The highest BCUT2D eigenvalue weighted by molar-refractivity contribution is 7.80. The summed E-state index contributed by atoms with van der Waals surface area (Å²) in [5.74, 6) is 1.01. The number of aromatic nitrogens is 2. The van der Waals surface area contributed by atoms with Gasteiger partial charge in [-0.25, -0.2) is 4.98 Å². The van der Waals surface area contributed by atoms with Crippen LogP contribution in [0.4, 0.5) is 5.69 Å². The van der Waals surface area contributed by atoms with Crippen LogP contribution in [0, 0.1) is 6.92 Å². The number of nitrogens with two attached hydrogens (primary N) is 1. The van der Waals surface area contributed by atoms with E-state index in [1.165, 1.54) is 11.3 Å². The summed E-state index contributed by atoms with van der Waals surface area (Å²) in [6.45, 7) is 10.5. The van der Waals surface area contributed by atoms with Crippen LogP contribution in [-0.4, -0.2) is 58.5 Å². The number of para-hydroxylation sites is 1. The largest absolute Gasteiger partial charge is 0.375 e. The molecule has 7 nitrogen and oxygen atoms in total. The minimum absolute atomic E-state index is 0.125. The van der Waals surface area contributed by atoms with Crippen LogP contribution in [0.1, 0.15) is 43.3 Å². The van der Waals surface area contributed by atoms with Crippen LogP contribution in [-0.2, 0) is 13.0 Å². The maximum atomic E-state index is 6.43. The zero-order chi connectivity index (χ0) is 22.9. The van der Waals surface area contributed by atoms with Crippen LogP contribution < -0.4 is 16.1 Å². The van der Waals surface area contributed by atoms with Gasteiger partial charge in [-0.05, 0) is 50.2 Å². The number of unbranched alkanes of at least 4 members (excludes halogenated alkanes) is 1. The predicted octanol–water partition coefficient (Wildman–Crippen LogP) is 3.57. The summed E-state index contributed by atoms with van der Waals surface area (Å²) in [5.41, 5.74) is 11.6. The number of halogens is 1. The van der Waals surface area contributed by atoms with E-state index >= 15 is 0 Å². The minimum atomic E-state index is 0.125. The summed E-state index contributed by atoms with van der Waals surface area (Å²) >= 11 is 11.2. The number of hydrogen-bond donors (Lipinski definition) is 2. The monoisotopic (exact) mass is 475 g/mol. The second-order valence-electron chi connectivity index (χ2n) is 8.16. The Balaban J connectivity index is 1.57. The molecule has 0 amide bonds. The molecule has 0 spiro atoms. The molecule has 1 saturated heterocycles. The molecule has 3 rings (SSSR count). The van der Waals surface area contributed by atoms with Crippen LogP contribution in [0.5, 0.6) is 0 Å². The highest BCUT2D eigenvalue weighted by atomic mass is 35.5. The van der Waals surface area contributed by atoms with Gasteiger partial charge in [0.1, 0.15) is 11.5 Å². The molecular formula is C23H34ClN7S. The van der Waals surface area contributed by atoms with Crippen molar-refractivity contribution in [1.82, 2.24) is 19.9 Å². The third kappa shape index (κ3) is 6.67. The number of benzene rings is 1. The molecule has 0 unspecified atom stereocenters. The van der Waals surface area contributed by atoms with Crippen LogP contribution in [0.15, 0.2) is 29.4 Å². The average molecular weight is 476 g/mol. The molecule has 1 aliphatic rings. The van der Waals surface area contributed by atoms with Crippen molar-refractivity contribution >= 4 is 40.8 Å². The number of aryl methyl sites for hydroxylation is 2. The van der Waals surface area contributed by atoms with Gasteiger partial charge in [0.15, 0.2) is 10.3 Å². The fourth-order valence-electron chi connectivity index (χ4n) is 4.12. The maximum Gasteiger partial charge on any atom is 0.184 e. The normalized spacial score (nSPS) is 14.9. The van der Waals surface area contributed by atoms with Crippen LogP contribution in [0.2, 0.25) is 5.15 Å². The first-order valence-corrected chi connectivity index (χ1v) is 12.1. The molecule has 1 fully saturated rings. The number of rotatable bonds is 10. The standard InChI is InChI=1S/C23H34ClN7S/c1-3-4-10-21-27-22(24)20(17-26-28-23(25)32)31(21)12-7-11-29-13-15-30(16-14-29)19-9-6-5-8-18(19)2/h5-6,8-9,17H,3-4,7,10-16H2,1-2H3,(H3,25,28,32)/b26-17+. The van der Waals surface area contributed by atoms with E-state index in [9.17, 15) is 0 Å². The molecular weight excluding hydrogens is 442 g/mol. The summed E-state index contributed by atoms with van der Waals surface area (Å²) in [5, 5.41) is 4.69. The molecule has 2 aromatic rings. The van der Waals surface area contributed by atoms with Gasteiger partial charge in [0.2, 0.25) is 0 Å². The number of thiocarbonyl (C=S) groups is 1. The molecule has 0 atom stereocenters. The lowest BCUT2D eigenvalue weighted by molar-refractivity contribution is 0.250. The van der Waals surface area contributed by atoms with Crippen molar-refractivity contribution in [2.45, 2.75) is 46.1 Å². The summed E-state index contributed by atoms with van der Waals surface area (Å²) in [7, 11) is 0. The van der Waals surface area contributed by atoms with Gasteiger partial charge in [-0.3, -0.25) is 10.3 Å². The summed E-state index contributed by atoms with van der Waals surface area (Å²) in [6.07, 6.45) is 5.78. The van der Waals surface area contributed by atoms with Crippen molar-refractivity contribution < 1.29 is 0 Å². The molecule has 0 saturated carbocycles. The minimum Gasteiger partial charge on any atom is -0.375 e. The molecule has 2 heterocycles. The molecule has 0 radical (unpaired) electrons. The molecule has 32 heavy (non-hydrogen) atoms. The van der Waals surface area contributed by atoms with Gasteiger partial charge < -0.3 is 15.2 Å². The van der Waals surface area contributed by atoms with Gasteiger partial charge in [-0.15, -0.1) is 0 Å². The van der Waals surface area contributed by atoms with E-state index in [-0.39, 0.29) is 5.11 Å². The Hall–Kier alpha value is -2.16. The Morgan fingerprint density at radius 2 is 1.97 bits per heavy atom. The molecule has 3 N–H and O–H groups in total. The predicted molar refractivity (Wildman–Crippen MR) is 138 cm³/mol. The number of anilines is 1. The van der Waals surface area contributed by atoms with Crippen LogP contribution in [0.25, 0.3) is 0 Å². The van der Waals surface area contributed by atoms with Gasteiger partial charge in [0, 0.05) is 44.8 Å². The lowest BCUT2D eigenvalue weighted by atomic mass is 10.1. The average Bonchev–Trinajstić information content (AvgIpc) is 3.07. The quantitative estimate of drug-likeness (QED) is 0.311. The second-order valence-corrected chi connectivity index (χ2v) is 8.96. The molecule has 1 aromatic carbocycles. The second kappa shape index (κ2) is 12.2. The van der Waals surface area contributed by atoms with Crippen LogP contribution in [0.3, 0.4) is 0 Å². The molecule has 0 bridgehead atoms. The number of nitrogens with one attached hydrogen (secondary N) is 1. The summed E-state index contributed by atoms with van der Waals surface area (Å²) < 4.78 is 2.19. The van der Waals surface area contributed by atoms with Crippen molar-refractivity contribution in [3.63, 3.8) is 0 Å². The Bertz CT molecular complexity index is 919. The lowest BCUT2D eigenvalue weighted by Crippen LogP contribution is -2.47. The topological polar surface area (TPSA) is 74.7 Å². The highest BCUT2D eigenvalue weighted by Crippen LogP contribution is 2.21. The molecule has 174 valence electrons. The fraction of sp³-hybridized carbons (Fsp3) is 0.522. The van der Waals surface area contributed by atoms with E-state index in [1.54, 1.807) is 6.21 Å². The van der Waals surface area contributed by atoms with Gasteiger partial charge in [-0.1, -0.05) is 43.1 Å². The van der Waals surface area contributed by atoms with E-state index in [0.29, 0.717) is 5.15 Å². The van der Waals surface area contributed by atoms with Gasteiger partial charge in [0.25, 0.3) is 0 Å². The Morgan fingerprint density at radius 3 is 2.66 bits per heavy atom. The SMILES string of the molecule is CCCCc1nc(Cl)c(/C=N/NC(N)=S)n1CCCN1CCN(c2ccccc2C)CC1. The first kappa shape index (κ1) is 24.5. The molecule has 1 aromatic heterocycles. The number of nitrogens with zero attached hydrogens (tertiary/aromatic N) is 5. The maximum absolute atomic E-state index is 6.43. The van der Waals surface area contributed by atoms with Gasteiger partial charge >= 0.3 is 0 Å². The zero-order valence-electron chi connectivity index (χ0n) is 19.1. The van der Waals surface area contributed by atoms with E-state index in [2.05, 4.69) is 68.0 Å². The van der Waals surface area contributed by atoms with E-state index in [4.69, 9.17) is 29.6 Å². The summed E-state index contributed by atoms with van der Waals surface area (Å²) in [6, 6.07) is 8.64. The van der Waals surface area contributed by atoms with Crippen LogP contribution >= 0.6 is 23.8 Å². The molecule has 9 heteroatoms. The van der Waals surface area contributed by atoms with Crippen molar-refractivity contribution in [3.05, 3.63) is 46.5 Å². The van der Waals surface area contributed by atoms with Gasteiger partial charge in [0.05, 0.1) is 6.21 Å². The summed E-state index contributed by atoms with van der Waals surface area (Å²) in [4.78, 5) is 9.62. The van der Waals surface area contributed by atoms with Crippen molar-refractivity contribution in [2.75, 3.05) is 37.6 Å². The third-order valence-corrected chi connectivity index (χ3v) is 6.21. The van der Waals surface area contributed by atoms with Crippen molar-refractivity contribution in [3.8, 4) is 0 Å². The third-order valence-electron chi connectivity index (χ3n) is 5.84. The Labute approximate surface area is 201 Å². The smallest absolute Gasteiger partial charge is 0.184 e. The fourth-order valence-corrected chi connectivity index (χ4v) is 4.42. The first-order valence-electron chi connectivity index (χ1n) is 11.4. The van der Waals surface area contributed by atoms with Crippen molar-refractivity contribution in [1.29, 1.82) is 0 Å². The Morgan fingerprint density at radius 1 is 1.22 bits per heavy atom. The highest BCUT2D eigenvalue weighted by Gasteiger charge is 2.19. The van der Waals surface area contributed by atoms with Crippen molar-refractivity contribution in [2.24, 2.45) is 10.8 Å². The Kier molecular flexibility index (Phi) is 9.32. The number of piperazine rings is 1. The lowest BCUT2D eigenvalue weighted by Gasteiger charge is -2.36. The van der Waals surface area contributed by atoms with E-state index in [1.807, 2.05) is 0 Å². The molecule has 1 aliphatic heterocycles. The number of hydrazone groups is 1. The molecule has 0 aliphatic carbocycles.